The Morgan fingerprint density at radius 3 is 2.77 bits per heavy atom. The summed E-state index contributed by atoms with van der Waals surface area (Å²) in [6.07, 6.45) is 7.13. The van der Waals surface area contributed by atoms with E-state index < -0.39 is 5.97 Å². The highest BCUT2D eigenvalue weighted by Gasteiger charge is 2.24. The van der Waals surface area contributed by atoms with E-state index in [0.29, 0.717) is 6.54 Å². The summed E-state index contributed by atoms with van der Waals surface area (Å²) in [6, 6.07) is 14.8. The van der Waals surface area contributed by atoms with E-state index in [1.54, 1.807) is 0 Å². The van der Waals surface area contributed by atoms with Gasteiger partial charge in [-0.2, -0.15) is 0 Å². The molecule has 1 aromatic heterocycles. The van der Waals surface area contributed by atoms with Crippen LogP contribution in [0.1, 0.15) is 37.4 Å². The average Bonchev–Trinajstić information content (AvgIpc) is 3.14. The monoisotopic (exact) mass is 352 g/mol. The number of hydrogen-bond donors (Lipinski definition) is 1. The van der Waals surface area contributed by atoms with Crippen molar-refractivity contribution in [1.82, 2.24) is 9.47 Å². The molecule has 1 saturated heterocycles. The number of carboxylic acid groups (broad SMARTS) is 1. The molecule has 0 saturated carbocycles. The Hall–Kier alpha value is -2.33. The molecule has 1 atom stereocenters. The fraction of sp³-hybridized carbons (Fsp3) is 0.409. The van der Waals surface area contributed by atoms with E-state index in [0.717, 1.165) is 38.9 Å². The number of aliphatic carboxylic acids is 1. The van der Waals surface area contributed by atoms with Crippen molar-refractivity contribution in [2.75, 3.05) is 19.6 Å². The highest BCUT2D eigenvalue weighted by atomic mass is 16.4. The highest BCUT2D eigenvalue weighted by Crippen LogP contribution is 2.25. The van der Waals surface area contributed by atoms with Crippen molar-refractivity contribution in [1.29, 1.82) is 0 Å². The minimum atomic E-state index is -0.656. The Labute approximate surface area is 155 Å². The van der Waals surface area contributed by atoms with E-state index in [4.69, 9.17) is 0 Å². The molecular weight excluding hydrogens is 324 g/mol. The Morgan fingerprint density at radius 1 is 1.23 bits per heavy atom. The first kappa shape index (κ1) is 18.5. The first-order chi connectivity index (χ1) is 12.7. The molecule has 4 nitrogen and oxygen atoms in total. The lowest BCUT2D eigenvalue weighted by Crippen LogP contribution is -2.39. The number of piperidine rings is 1. The standard InChI is InChI=1S/C22H28N2O2/c1-2-24-16-8-13-21(24)20(18-9-4-3-5-10-18)12-7-15-23-14-6-11-19(17-23)22(25)26/h3-5,8-10,12-13,16,19H,2,6-7,11,14-15,17H2,1H3,(H,25,26)/t19-/m1/s1. The van der Waals surface area contributed by atoms with Crippen LogP contribution in [0, 0.1) is 5.92 Å². The van der Waals surface area contributed by atoms with Crippen LogP contribution < -0.4 is 0 Å². The number of aryl methyl sites for hydroxylation is 1. The van der Waals surface area contributed by atoms with E-state index in [2.05, 4.69) is 65.1 Å². The minimum absolute atomic E-state index is 0.210. The zero-order chi connectivity index (χ0) is 18.4. The summed E-state index contributed by atoms with van der Waals surface area (Å²) in [5.74, 6) is -0.866. The molecule has 1 fully saturated rings. The molecule has 0 amide bonds. The Morgan fingerprint density at radius 2 is 2.04 bits per heavy atom. The van der Waals surface area contributed by atoms with Crippen LogP contribution in [0.3, 0.4) is 0 Å². The number of nitrogens with zero attached hydrogens (tertiary/aromatic N) is 2. The van der Waals surface area contributed by atoms with Crippen LogP contribution in [-0.2, 0) is 11.3 Å². The maximum Gasteiger partial charge on any atom is 0.307 e. The van der Waals surface area contributed by atoms with Crippen LogP contribution in [0.25, 0.3) is 5.57 Å². The van der Waals surface area contributed by atoms with Gasteiger partial charge in [-0.1, -0.05) is 36.4 Å². The van der Waals surface area contributed by atoms with Gasteiger partial charge < -0.3 is 14.6 Å². The van der Waals surface area contributed by atoms with Gasteiger partial charge in [-0.15, -0.1) is 0 Å². The molecule has 0 bridgehead atoms. The Kier molecular flexibility index (Phi) is 6.29. The molecule has 4 heteroatoms. The molecule has 3 rings (SSSR count). The lowest BCUT2D eigenvalue weighted by molar-refractivity contribution is -0.143. The van der Waals surface area contributed by atoms with Crippen molar-refractivity contribution in [2.24, 2.45) is 5.92 Å². The molecule has 0 unspecified atom stereocenters. The van der Waals surface area contributed by atoms with Gasteiger partial charge in [0.05, 0.1) is 5.92 Å². The van der Waals surface area contributed by atoms with E-state index in [9.17, 15) is 9.90 Å². The Balaban J connectivity index is 1.74. The van der Waals surface area contributed by atoms with Crippen molar-refractivity contribution in [2.45, 2.75) is 32.7 Å². The van der Waals surface area contributed by atoms with Crippen molar-refractivity contribution < 1.29 is 9.90 Å². The average molecular weight is 352 g/mol. The Bertz CT molecular complexity index is 749. The molecule has 1 aliphatic heterocycles. The lowest BCUT2D eigenvalue weighted by Gasteiger charge is -2.30. The van der Waals surface area contributed by atoms with Gasteiger partial charge in [-0.3, -0.25) is 4.79 Å². The number of carbonyl (C=O) groups is 1. The van der Waals surface area contributed by atoms with Crippen LogP contribution in [-0.4, -0.2) is 40.2 Å². The summed E-state index contributed by atoms with van der Waals surface area (Å²) < 4.78 is 2.26. The number of aromatic nitrogens is 1. The minimum Gasteiger partial charge on any atom is -0.481 e. The van der Waals surface area contributed by atoms with E-state index in [-0.39, 0.29) is 5.92 Å². The summed E-state index contributed by atoms with van der Waals surface area (Å²) in [7, 11) is 0. The van der Waals surface area contributed by atoms with Gasteiger partial charge in [0.25, 0.3) is 0 Å². The van der Waals surface area contributed by atoms with Crippen LogP contribution in [0.2, 0.25) is 0 Å². The molecule has 26 heavy (non-hydrogen) atoms. The van der Waals surface area contributed by atoms with Crippen LogP contribution >= 0.6 is 0 Å². The van der Waals surface area contributed by atoms with Crippen molar-refractivity contribution >= 4 is 11.5 Å². The summed E-state index contributed by atoms with van der Waals surface area (Å²) in [6.45, 7) is 5.69. The van der Waals surface area contributed by atoms with Gasteiger partial charge in [-0.25, -0.2) is 0 Å². The smallest absolute Gasteiger partial charge is 0.307 e. The normalized spacial score (nSPS) is 18.8. The summed E-state index contributed by atoms with van der Waals surface area (Å²) in [4.78, 5) is 13.5. The molecule has 1 aromatic carbocycles. The van der Waals surface area contributed by atoms with Gasteiger partial charge in [0.1, 0.15) is 0 Å². The number of hydrogen-bond acceptors (Lipinski definition) is 2. The zero-order valence-electron chi connectivity index (χ0n) is 15.5. The first-order valence-corrected chi connectivity index (χ1v) is 9.55. The second kappa shape index (κ2) is 8.86. The highest BCUT2D eigenvalue weighted by molar-refractivity contribution is 5.78. The van der Waals surface area contributed by atoms with E-state index in [1.807, 2.05) is 6.07 Å². The van der Waals surface area contributed by atoms with Crippen LogP contribution in [0.5, 0.6) is 0 Å². The summed E-state index contributed by atoms with van der Waals surface area (Å²) in [5.41, 5.74) is 3.72. The number of rotatable bonds is 7. The third-order valence-electron chi connectivity index (χ3n) is 5.18. The van der Waals surface area contributed by atoms with E-state index in [1.165, 1.54) is 16.8 Å². The van der Waals surface area contributed by atoms with Gasteiger partial charge in [0, 0.05) is 37.1 Å². The largest absolute Gasteiger partial charge is 0.481 e. The quantitative estimate of drug-likeness (QED) is 0.815. The van der Waals surface area contributed by atoms with Crippen LogP contribution in [0.15, 0.2) is 54.7 Å². The number of benzene rings is 1. The van der Waals surface area contributed by atoms with Gasteiger partial charge >= 0.3 is 5.97 Å². The molecule has 0 aliphatic carbocycles. The molecule has 138 valence electrons. The summed E-state index contributed by atoms with van der Waals surface area (Å²) >= 11 is 0. The van der Waals surface area contributed by atoms with Crippen molar-refractivity contribution in [3.8, 4) is 0 Å². The molecule has 0 spiro atoms. The van der Waals surface area contributed by atoms with Gasteiger partial charge in [0.2, 0.25) is 0 Å². The van der Waals surface area contributed by atoms with Crippen LogP contribution in [0.4, 0.5) is 0 Å². The second-order valence-corrected chi connectivity index (χ2v) is 6.93. The SMILES string of the molecule is CCn1cccc1C(=CCCN1CCC[C@@H](C(=O)O)C1)c1ccccc1. The van der Waals surface area contributed by atoms with Gasteiger partial charge in [0.15, 0.2) is 0 Å². The maximum atomic E-state index is 11.3. The first-order valence-electron chi connectivity index (χ1n) is 9.55. The maximum absolute atomic E-state index is 11.3. The van der Waals surface area contributed by atoms with E-state index >= 15 is 0 Å². The number of likely N-dealkylation sites (tertiary alicyclic amines) is 1. The molecule has 1 N–H and O–H groups in total. The topological polar surface area (TPSA) is 45.5 Å². The fourth-order valence-corrected chi connectivity index (χ4v) is 3.77. The second-order valence-electron chi connectivity index (χ2n) is 6.93. The number of carboxylic acids is 1. The third-order valence-corrected chi connectivity index (χ3v) is 5.18. The molecule has 2 heterocycles. The molecular formula is C22H28N2O2. The molecule has 2 aromatic rings. The third kappa shape index (κ3) is 4.44. The van der Waals surface area contributed by atoms with Crippen molar-refractivity contribution in [3.05, 3.63) is 66.0 Å². The lowest BCUT2D eigenvalue weighted by atomic mass is 9.97. The molecule has 1 aliphatic rings. The van der Waals surface area contributed by atoms with Crippen molar-refractivity contribution in [3.63, 3.8) is 0 Å². The zero-order valence-corrected chi connectivity index (χ0v) is 15.5. The van der Waals surface area contributed by atoms with Gasteiger partial charge in [-0.05, 0) is 50.4 Å². The fourth-order valence-electron chi connectivity index (χ4n) is 3.77. The predicted molar refractivity (Wildman–Crippen MR) is 105 cm³/mol. The predicted octanol–water partition coefficient (Wildman–Crippen LogP) is 4.13. The summed E-state index contributed by atoms with van der Waals surface area (Å²) in [5, 5.41) is 9.26. The molecule has 0 radical (unpaired) electrons.